The van der Waals surface area contributed by atoms with Gasteiger partial charge < -0.3 is 24.8 Å². The molecule has 0 amide bonds. The maximum Gasteiger partial charge on any atom is 0.191 e. The molecule has 3 aliphatic rings. The molecule has 3 rings (SSSR count). The van der Waals surface area contributed by atoms with Gasteiger partial charge in [0.15, 0.2) is 5.96 Å². The van der Waals surface area contributed by atoms with E-state index < -0.39 is 0 Å². The fraction of sp³-hybridized carbons (Fsp3) is 0.941. The van der Waals surface area contributed by atoms with Crippen LogP contribution in [0.1, 0.15) is 26.7 Å². The lowest BCUT2D eigenvalue weighted by Gasteiger charge is -2.54. The maximum absolute atomic E-state index is 6.27. The summed E-state index contributed by atoms with van der Waals surface area (Å²) in [5.41, 5.74) is 6.35. The predicted molar refractivity (Wildman–Crippen MR) is 109 cm³/mol. The van der Waals surface area contributed by atoms with Crippen molar-refractivity contribution in [2.75, 3.05) is 59.2 Å². The summed E-state index contributed by atoms with van der Waals surface area (Å²) < 4.78 is 16.9. The molecule has 0 bridgehead atoms. The van der Waals surface area contributed by atoms with E-state index in [0.29, 0.717) is 12.1 Å². The summed E-state index contributed by atoms with van der Waals surface area (Å²) in [5, 5.41) is 0. The van der Waals surface area contributed by atoms with E-state index in [-0.39, 0.29) is 35.6 Å². The van der Waals surface area contributed by atoms with Crippen molar-refractivity contribution in [3.8, 4) is 0 Å². The lowest BCUT2D eigenvalue weighted by Crippen LogP contribution is -2.64. The van der Waals surface area contributed by atoms with Crippen LogP contribution >= 0.6 is 24.0 Å². The van der Waals surface area contributed by atoms with Crippen molar-refractivity contribution in [2.45, 2.75) is 44.4 Å². The summed E-state index contributed by atoms with van der Waals surface area (Å²) in [6, 6.07) is 0. The highest BCUT2D eigenvalue weighted by atomic mass is 127. The van der Waals surface area contributed by atoms with Crippen LogP contribution in [-0.2, 0) is 14.2 Å². The van der Waals surface area contributed by atoms with E-state index in [1.165, 1.54) is 0 Å². The normalized spacial score (nSPS) is 34.3. The molecule has 2 heterocycles. The fourth-order valence-electron chi connectivity index (χ4n) is 4.02. The van der Waals surface area contributed by atoms with Gasteiger partial charge >= 0.3 is 0 Å². The second-order valence-corrected chi connectivity index (χ2v) is 7.11. The molecule has 7 nitrogen and oxygen atoms in total. The summed E-state index contributed by atoms with van der Waals surface area (Å²) in [6.45, 7) is 11.6. The number of nitrogens with two attached hydrogens (primary N) is 1. The molecule has 146 valence electrons. The molecule has 8 heteroatoms. The highest BCUT2D eigenvalue weighted by Crippen LogP contribution is 2.40. The van der Waals surface area contributed by atoms with Crippen LogP contribution in [0.25, 0.3) is 0 Å². The Balaban J connectivity index is 0.00000225. The van der Waals surface area contributed by atoms with Crippen LogP contribution < -0.4 is 5.73 Å². The zero-order valence-electron chi connectivity index (χ0n) is 15.5. The van der Waals surface area contributed by atoms with Crippen LogP contribution in [0, 0.1) is 0 Å². The molecule has 0 aromatic heterocycles. The minimum absolute atomic E-state index is 0. The number of ether oxygens (including phenoxy) is 3. The Labute approximate surface area is 168 Å². The van der Waals surface area contributed by atoms with E-state index in [4.69, 9.17) is 24.9 Å². The molecule has 3 fully saturated rings. The molecule has 2 saturated heterocycles. The smallest absolute Gasteiger partial charge is 0.191 e. The van der Waals surface area contributed by atoms with Gasteiger partial charge in [-0.15, -0.1) is 24.0 Å². The molecule has 2 aliphatic heterocycles. The minimum atomic E-state index is 0. The molecule has 0 aromatic rings. The Kier molecular flexibility index (Phi) is 8.19. The quantitative estimate of drug-likeness (QED) is 0.368. The van der Waals surface area contributed by atoms with Crippen molar-refractivity contribution >= 4 is 29.9 Å². The van der Waals surface area contributed by atoms with E-state index in [9.17, 15) is 0 Å². The molecular weight excluding hydrogens is 435 g/mol. The molecule has 0 spiro atoms. The Morgan fingerprint density at radius 3 is 2.60 bits per heavy atom. The zero-order chi connectivity index (χ0) is 17.0. The number of nitrogens with zero attached hydrogens (tertiary/aromatic N) is 3. The standard InChI is InChI=1S/C17H32N4O3.HI/c1-3-23-15-10-17(11-15,21-5-7-22-8-6-21)13-19-16(18)20-4-9-24-14(2)12-20;/h14-15H,3-13H2,1-2H3,(H2,18,19);1H. The monoisotopic (exact) mass is 468 g/mol. The average molecular weight is 468 g/mol. The van der Waals surface area contributed by atoms with Crippen LogP contribution in [0.15, 0.2) is 4.99 Å². The highest BCUT2D eigenvalue weighted by Gasteiger charge is 2.49. The van der Waals surface area contributed by atoms with Crippen molar-refractivity contribution in [1.82, 2.24) is 9.80 Å². The van der Waals surface area contributed by atoms with Crippen molar-refractivity contribution in [3.63, 3.8) is 0 Å². The van der Waals surface area contributed by atoms with Gasteiger partial charge in [-0.25, -0.2) is 0 Å². The maximum atomic E-state index is 6.27. The second-order valence-electron chi connectivity index (χ2n) is 7.11. The van der Waals surface area contributed by atoms with Crippen molar-refractivity contribution < 1.29 is 14.2 Å². The number of hydrogen-bond acceptors (Lipinski definition) is 5. The van der Waals surface area contributed by atoms with E-state index in [0.717, 1.165) is 72.0 Å². The van der Waals surface area contributed by atoms with E-state index in [1.54, 1.807) is 0 Å². The Morgan fingerprint density at radius 2 is 1.96 bits per heavy atom. The van der Waals surface area contributed by atoms with Crippen LogP contribution in [0.3, 0.4) is 0 Å². The first-order chi connectivity index (χ1) is 11.6. The zero-order valence-corrected chi connectivity index (χ0v) is 17.8. The Bertz CT molecular complexity index is 440. The highest BCUT2D eigenvalue weighted by molar-refractivity contribution is 14.0. The van der Waals surface area contributed by atoms with Gasteiger partial charge in [0.05, 0.1) is 38.6 Å². The fourth-order valence-corrected chi connectivity index (χ4v) is 4.02. The first-order valence-electron chi connectivity index (χ1n) is 9.24. The molecule has 1 aliphatic carbocycles. The number of aliphatic imine (C=N–C) groups is 1. The third kappa shape index (κ3) is 5.18. The number of morpholine rings is 2. The molecule has 25 heavy (non-hydrogen) atoms. The van der Waals surface area contributed by atoms with E-state index in [1.807, 2.05) is 0 Å². The van der Waals surface area contributed by atoms with Gasteiger partial charge in [0.2, 0.25) is 0 Å². The van der Waals surface area contributed by atoms with Crippen LogP contribution in [0.4, 0.5) is 0 Å². The number of rotatable bonds is 5. The summed E-state index contributed by atoms with van der Waals surface area (Å²) in [7, 11) is 0. The number of halogens is 1. The van der Waals surface area contributed by atoms with Crippen molar-refractivity contribution in [2.24, 2.45) is 10.7 Å². The van der Waals surface area contributed by atoms with E-state index >= 15 is 0 Å². The predicted octanol–water partition coefficient (Wildman–Crippen LogP) is 0.910. The number of guanidine groups is 1. The summed E-state index contributed by atoms with van der Waals surface area (Å²) >= 11 is 0. The molecule has 2 N–H and O–H groups in total. The summed E-state index contributed by atoms with van der Waals surface area (Å²) in [6.07, 6.45) is 2.65. The third-order valence-electron chi connectivity index (χ3n) is 5.40. The largest absolute Gasteiger partial charge is 0.379 e. The Hall–Kier alpha value is -0.160. The van der Waals surface area contributed by atoms with Gasteiger partial charge in [-0.05, 0) is 26.7 Å². The van der Waals surface area contributed by atoms with Crippen molar-refractivity contribution in [1.29, 1.82) is 0 Å². The van der Waals surface area contributed by atoms with Crippen LogP contribution in [-0.4, -0.2) is 92.7 Å². The third-order valence-corrected chi connectivity index (χ3v) is 5.40. The number of hydrogen-bond donors (Lipinski definition) is 1. The first-order valence-corrected chi connectivity index (χ1v) is 9.24. The lowest BCUT2D eigenvalue weighted by molar-refractivity contribution is -0.122. The second kappa shape index (κ2) is 9.68. The first kappa shape index (κ1) is 21.1. The Morgan fingerprint density at radius 1 is 1.24 bits per heavy atom. The van der Waals surface area contributed by atoms with E-state index in [2.05, 4.69) is 23.6 Å². The average Bonchev–Trinajstić information content (AvgIpc) is 2.57. The molecule has 1 unspecified atom stereocenters. The van der Waals surface area contributed by atoms with Gasteiger partial charge in [-0.3, -0.25) is 9.89 Å². The minimum Gasteiger partial charge on any atom is -0.379 e. The van der Waals surface area contributed by atoms with Gasteiger partial charge in [-0.2, -0.15) is 0 Å². The molecular formula is C17H33IN4O3. The molecule has 0 radical (unpaired) electrons. The molecule has 1 saturated carbocycles. The lowest BCUT2D eigenvalue weighted by atomic mass is 9.72. The van der Waals surface area contributed by atoms with Gasteiger partial charge in [0, 0.05) is 38.3 Å². The van der Waals surface area contributed by atoms with Gasteiger partial charge in [0.1, 0.15) is 0 Å². The SMILES string of the molecule is CCOC1CC(CN=C(N)N2CCOC(C)C2)(N2CCOCC2)C1.I. The van der Waals surface area contributed by atoms with Gasteiger partial charge in [0.25, 0.3) is 0 Å². The van der Waals surface area contributed by atoms with Gasteiger partial charge in [-0.1, -0.05) is 0 Å². The summed E-state index contributed by atoms with van der Waals surface area (Å²) in [4.78, 5) is 9.44. The van der Waals surface area contributed by atoms with Crippen molar-refractivity contribution in [3.05, 3.63) is 0 Å². The van der Waals surface area contributed by atoms with Crippen LogP contribution in [0.2, 0.25) is 0 Å². The van der Waals surface area contributed by atoms with Crippen LogP contribution in [0.5, 0.6) is 0 Å². The summed E-state index contributed by atoms with van der Waals surface area (Å²) in [5.74, 6) is 0.651. The molecule has 0 aromatic carbocycles. The molecule has 1 atom stereocenters. The topological polar surface area (TPSA) is 72.5 Å².